The summed E-state index contributed by atoms with van der Waals surface area (Å²) in [5.41, 5.74) is 1.73. The van der Waals surface area contributed by atoms with Gasteiger partial charge in [0, 0.05) is 5.88 Å². The summed E-state index contributed by atoms with van der Waals surface area (Å²) in [6.07, 6.45) is 1.80. The summed E-state index contributed by atoms with van der Waals surface area (Å²) in [6.45, 7) is 0. The third-order valence-corrected chi connectivity index (χ3v) is 0.621. The molecule has 0 aromatic rings. The molecule has 0 nitrogen and oxygen atoms in total. The van der Waals surface area contributed by atoms with Gasteiger partial charge >= 0.3 is 0 Å². The Morgan fingerprint density at radius 3 is 2.40 bits per heavy atom. The summed E-state index contributed by atoms with van der Waals surface area (Å²) in [4.78, 5) is 0. The van der Waals surface area contributed by atoms with E-state index < -0.39 is 0 Å². The van der Waals surface area contributed by atoms with Crippen molar-refractivity contribution >= 4 is 21.8 Å². The zero-order chi connectivity index (χ0) is 4.12. The summed E-state index contributed by atoms with van der Waals surface area (Å²) in [5, 5.41) is 0. The quantitative estimate of drug-likeness (QED) is 0.342. The van der Waals surface area contributed by atoms with Crippen molar-refractivity contribution in [3.63, 3.8) is 0 Å². The number of allylic oxidation sites excluding steroid dienone is 1. The largest absolute Gasteiger partial charge is 0.122 e. The molecule has 0 amide bonds. The number of hydrogen-bond donors (Lipinski definition) is 0. The van der Waals surface area contributed by atoms with Crippen LogP contribution in [0.5, 0.6) is 0 Å². The lowest BCUT2D eigenvalue weighted by Crippen LogP contribution is -1.55. The third kappa shape index (κ3) is 4.25. The summed E-state index contributed by atoms with van der Waals surface area (Å²) >= 11 is 5.18. The second kappa shape index (κ2) is 4.25. The van der Waals surface area contributed by atoms with Crippen molar-refractivity contribution in [2.75, 3.05) is 5.88 Å². The standard InChI is InChI=1S/C3H4ClSi/c4-2-1-3-5/h1,3H,2H2/b3-1+. The maximum Gasteiger partial charge on any atom is 0.0596 e. The molecule has 0 fully saturated rings. The lowest BCUT2D eigenvalue weighted by molar-refractivity contribution is 1.79. The number of halogens is 1. The smallest absolute Gasteiger partial charge is 0.0596 e. The molecular weight excluding hydrogens is 99.6 g/mol. The molecule has 0 heterocycles. The molecule has 0 aromatic carbocycles. The van der Waals surface area contributed by atoms with Crippen LogP contribution >= 0.6 is 11.6 Å². The Morgan fingerprint density at radius 2 is 2.40 bits per heavy atom. The van der Waals surface area contributed by atoms with E-state index in [4.69, 9.17) is 11.6 Å². The van der Waals surface area contributed by atoms with E-state index in [0.29, 0.717) is 5.88 Å². The highest BCUT2D eigenvalue weighted by Crippen LogP contribution is 1.71. The Kier molecular flexibility index (Phi) is 4.46. The van der Waals surface area contributed by atoms with Crippen molar-refractivity contribution in [1.82, 2.24) is 0 Å². The van der Waals surface area contributed by atoms with E-state index in [-0.39, 0.29) is 0 Å². The van der Waals surface area contributed by atoms with E-state index in [1.165, 1.54) is 0 Å². The van der Waals surface area contributed by atoms with Gasteiger partial charge in [-0.3, -0.25) is 0 Å². The first-order chi connectivity index (χ1) is 2.41. The minimum absolute atomic E-state index is 0.587. The number of rotatable bonds is 1. The van der Waals surface area contributed by atoms with Gasteiger partial charge in [-0.2, -0.15) is 0 Å². The Balaban J connectivity index is 2.62. The minimum Gasteiger partial charge on any atom is -0.122 e. The van der Waals surface area contributed by atoms with Crippen LogP contribution in [0.15, 0.2) is 11.8 Å². The Morgan fingerprint density at radius 1 is 1.80 bits per heavy atom. The molecule has 27 valence electrons. The SMILES string of the molecule is [Si]/C=C/CCl. The molecule has 0 saturated carbocycles. The monoisotopic (exact) mass is 103 g/mol. The van der Waals surface area contributed by atoms with Crippen LogP contribution in [-0.2, 0) is 0 Å². The topological polar surface area (TPSA) is 0 Å². The van der Waals surface area contributed by atoms with Gasteiger partial charge in [-0.05, 0) is 0 Å². The minimum atomic E-state index is 0.587. The van der Waals surface area contributed by atoms with Crippen LogP contribution < -0.4 is 0 Å². The molecule has 0 N–H and O–H groups in total. The average Bonchev–Trinajstić information content (AvgIpc) is 1.41. The van der Waals surface area contributed by atoms with Crippen molar-refractivity contribution in [3.8, 4) is 0 Å². The predicted molar refractivity (Wildman–Crippen MR) is 25.6 cm³/mol. The van der Waals surface area contributed by atoms with Gasteiger partial charge in [0.2, 0.25) is 0 Å². The van der Waals surface area contributed by atoms with Crippen LogP contribution in [0.4, 0.5) is 0 Å². The molecule has 3 radical (unpaired) electrons. The molecule has 0 atom stereocenters. The van der Waals surface area contributed by atoms with Crippen LogP contribution in [-0.4, -0.2) is 16.1 Å². The van der Waals surface area contributed by atoms with E-state index in [2.05, 4.69) is 10.2 Å². The number of alkyl halides is 1. The van der Waals surface area contributed by atoms with Crippen molar-refractivity contribution in [1.29, 1.82) is 0 Å². The molecule has 2 heteroatoms. The number of hydrogen-bond acceptors (Lipinski definition) is 0. The molecule has 0 bridgehead atoms. The highest BCUT2D eigenvalue weighted by molar-refractivity contribution is 6.21. The predicted octanol–water partition coefficient (Wildman–Crippen LogP) is 0.907. The second-order valence-electron chi connectivity index (χ2n) is 0.557. The van der Waals surface area contributed by atoms with E-state index in [9.17, 15) is 0 Å². The molecule has 0 aliphatic carbocycles. The first kappa shape index (κ1) is 5.25. The fourth-order valence-corrected chi connectivity index (χ4v) is 0.401. The highest BCUT2D eigenvalue weighted by atomic mass is 35.5. The van der Waals surface area contributed by atoms with Gasteiger partial charge in [0.15, 0.2) is 0 Å². The van der Waals surface area contributed by atoms with E-state index in [1.807, 2.05) is 0 Å². The van der Waals surface area contributed by atoms with Gasteiger partial charge in [0.1, 0.15) is 0 Å². The fraction of sp³-hybridized carbons (Fsp3) is 0.333. The zero-order valence-corrected chi connectivity index (χ0v) is 4.50. The van der Waals surface area contributed by atoms with Gasteiger partial charge in [-0.1, -0.05) is 6.08 Å². The first-order valence-corrected chi connectivity index (χ1v) is 2.41. The molecule has 5 heavy (non-hydrogen) atoms. The molecule has 0 aromatic heterocycles. The van der Waals surface area contributed by atoms with Crippen molar-refractivity contribution in [2.45, 2.75) is 0 Å². The lowest BCUT2D eigenvalue weighted by atomic mass is 10.8. The van der Waals surface area contributed by atoms with E-state index in [0.717, 1.165) is 0 Å². The maximum atomic E-state index is 5.18. The summed E-state index contributed by atoms with van der Waals surface area (Å²) in [7, 11) is 3.09. The molecule has 0 aliphatic heterocycles. The average molecular weight is 104 g/mol. The Labute approximate surface area is 40.3 Å². The van der Waals surface area contributed by atoms with Gasteiger partial charge < -0.3 is 0 Å². The molecule has 0 spiro atoms. The first-order valence-electron chi connectivity index (χ1n) is 1.30. The molecule has 0 rings (SSSR count). The maximum absolute atomic E-state index is 5.18. The highest BCUT2D eigenvalue weighted by Gasteiger charge is 1.54. The van der Waals surface area contributed by atoms with Gasteiger partial charge in [-0.15, -0.1) is 17.3 Å². The van der Waals surface area contributed by atoms with Crippen molar-refractivity contribution in [2.24, 2.45) is 0 Å². The van der Waals surface area contributed by atoms with E-state index >= 15 is 0 Å². The lowest BCUT2D eigenvalue weighted by Gasteiger charge is -1.62. The van der Waals surface area contributed by atoms with Crippen molar-refractivity contribution < 1.29 is 0 Å². The van der Waals surface area contributed by atoms with Crippen LogP contribution in [0.3, 0.4) is 0 Å². The normalized spacial score (nSPS) is 10.0. The van der Waals surface area contributed by atoms with Crippen LogP contribution in [0, 0.1) is 0 Å². The van der Waals surface area contributed by atoms with E-state index in [1.54, 1.807) is 11.8 Å². The van der Waals surface area contributed by atoms with Crippen LogP contribution in [0.25, 0.3) is 0 Å². The summed E-state index contributed by atoms with van der Waals surface area (Å²) < 4.78 is 0. The molecule has 0 saturated heterocycles. The zero-order valence-electron chi connectivity index (χ0n) is 2.74. The summed E-state index contributed by atoms with van der Waals surface area (Å²) in [5.74, 6) is 0.587. The van der Waals surface area contributed by atoms with Gasteiger partial charge in [0.05, 0.1) is 10.2 Å². The Hall–Kier alpha value is 0.247. The van der Waals surface area contributed by atoms with Gasteiger partial charge in [0.25, 0.3) is 0 Å². The Bertz CT molecular complexity index is 33.9. The van der Waals surface area contributed by atoms with Crippen LogP contribution in [0.2, 0.25) is 0 Å². The van der Waals surface area contributed by atoms with Gasteiger partial charge in [-0.25, -0.2) is 0 Å². The molecule has 0 aliphatic rings. The molecular formula is C3H4ClSi. The van der Waals surface area contributed by atoms with Crippen molar-refractivity contribution in [3.05, 3.63) is 11.8 Å². The third-order valence-electron chi connectivity index (χ3n) is 0.207. The second-order valence-corrected chi connectivity index (χ2v) is 1.20. The fourth-order valence-electron chi connectivity index (χ4n) is 0.0445. The van der Waals surface area contributed by atoms with Crippen LogP contribution in [0.1, 0.15) is 0 Å². The summed E-state index contributed by atoms with van der Waals surface area (Å²) in [6, 6.07) is 0. The molecule has 0 unspecified atom stereocenters.